The number of sulfone groups is 1. The van der Waals surface area contributed by atoms with E-state index < -0.39 is 42.9 Å². The van der Waals surface area contributed by atoms with Crippen molar-refractivity contribution in [3.05, 3.63) is 59.7 Å². The number of carbonyl (C=O) groups is 1. The van der Waals surface area contributed by atoms with E-state index in [4.69, 9.17) is 8.92 Å². The summed E-state index contributed by atoms with van der Waals surface area (Å²) in [5.41, 5.74) is 1.02. The van der Waals surface area contributed by atoms with Crippen LogP contribution in [0.2, 0.25) is 0 Å². The maximum absolute atomic E-state index is 13.3. The first-order chi connectivity index (χ1) is 15.7. The van der Waals surface area contributed by atoms with Crippen molar-refractivity contribution in [3.8, 4) is 0 Å². The molecule has 0 N–H and O–H groups in total. The molecule has 0 bridgehead atoms. The second kappa shape index (κ2) is 9.67. The highest BCUT2D eigenvalue weighted by Crippen LogP contribution is 2.30. The van der Waals surface area contributed by atoms with Crippen molar-refractivity contribution in [1.82, 2.24) is 4.90 Å². The molecule has 186 valence electrons. The number of carbonyl (C=O) groups excluding carboxylic acids is 1. The summed E-state index contributed by atoms with van der Waals surface area (Å²) in [4.78, 5) is 14.3. The van der Waals surface area contributed by atoms with Crippen LogP contribution < -0.4 is 0 Å². The van der Waals surface area contributed by atoms with Gasteiger partial charge in [-0.1, -0.05) is 35.4 Å². The van der Waals surface area contributed by atoms with E-state index in [1.165, 1.54) is 29.2 Å². The van der Waals surface area contributed by atoms with E-state index in [-0.39, 0.29) is 29.4 Å². The molecule has 0 spiro atoms. The average Bonchev–Trinajstić information content (AvgIpc) is 3.17. The molecule has 1 amide bonds. The van der Waals surface area contributed by atoms with Crippen LogP contribution in [0.15, 0.2) is 58.3 Å². The first-order valence-electron chi connectivity index (χ1n) is 11.0. The van der Waals surface area contributed by atoms with Crippen LogP contribution in [-0.2, 0) is 28.9 Å². The van der Waals surface area contributed by atoms with Gasteiger partial charge in [-0.3, -0.25) is 4.18 Å². The minimum atomic E-state index is -4.09. The molecular formula is C24H31NO7S2. The maximum atomic E-state index is 13.3. The van der Waals surface area contributed by atoms with Gasteiger partial charge < -0.3 is 9.64 Å². The van der Waals surface area contributed by atoms with Crippen LogP contribution in [0.3, 0.4) is 0 Å². The smallest absolute Gasteiger partial charge is 0.410 e. The van der Waals surface area contributed by atoms with Crippen LogP contribution in [0.1, 0.15) is 38.3 Å². The van der Waals surface area contributed by atoms with E-state index in [2.05, 4.69) is 0 Å². The lowest BCUT2D eigenvalue weighted by atomic mass is 10.2. The molecule has 10 heteroatoms. The fourth-order valence-corrected chi connectivity index (χ4v) is 6.34. The molecule has 34 heavy (non-hydrogen) atoms. The van der Waals surface area contributed by atoms with Gasteiger partial charge in [-0.05, 0) is 65.3 Å². The molecule has 1 aliphatic heterocycles. The zero-order valence-electron chi connectivity index (χ0n) is 20.0. The predicted molar refractivity (Wildman–Crippen MR) is 128 cm³/mol. The summed E-state index contributed by atoms with van der Waals surface area (Å²) in [5.74, 6) is 0. The minimum absolute atomic E-state index is 0.0104. The predicted octanol–water partition coefficient (Wildman–Crippen LogP) is 3.86. The molecule has 1 aliphatic rings. The number of ether oxygens (including phenoxy) is 1. The Labute approximate surface area is 201 Å². The first kappa shape index (κ1) is 26.2. The summed E-state index contributed by atoms with van der Waals surface area (Å²) in [6, 6.07) is 11.9. The van der Waals surface area contributed by atoms with Crippen LogP contribution in [-0.4, -0.2) is 57.9 Å². The second-order valence-corrected chi connectivity index (χ2v) is 13.4. The Morgan fingerprint density at radius 2 is 1.41 bits per heavy atom. The van der Waals surface area contributed by atoms with Gasteiger partial charge in [0, 0.05) is 6.54 Å². The Morgan fingerprint density at radius 3 is 1.91 bits per heavy atom. The molecule has 0 aliphatic carbocycles. The zero-order valence-corrected chi connectivity index (χ0v) is 21.6. The largest absolute Gasteiger partial charge is 0.444 e. The Morgan fingerprint density at radius 1 is 0.912 bits per heavy atom. The van der Waals surface area contributed by atoms with Crippen LogP contribution in [0.4, 0.5) is 4.79 Å². The highest BCUT2D eigenvalue weighted by atomic mass is 32.2. The third kappa shape index (κ3) is 6.17. The first-order valence-corrected chi connectivity index (χ1v) is 13.9. The number of aryl methyl sites for hydroxylation is 2. The van der Waals surface area contributed by atoms with Gasteiger partial charge >= 0.3 is 6.09 Å². The second-order valence-electron chi connectivity index (χ2n) is 9.55. The Hall–Kier alpha value is -2.43. The fraction of sp³-hybridized carbons (Fsp3) is 0.458. The number of rotatable bonds is 6. The van der Waals surface area contributed by atoms with E-state index in [9.17, 15) is 21.6 Å². The van der Waals surface area contributed by atoms with E-state index in [0.717, 1.165) is 11.1 Å². The zero-order chi connectivity index (χ0) is 25.3. The summed E-state index contributed by atoms with van der Waals surface area (Å²) in [6.45, 7) is 8.30. The molecule has 2 aromatic rings. The molecule has 3 rings (SSSR count). The maximum Gasteiger partial charge on any atom is 0.410 e. The highest BCUT2D eigenvalue weighted by molar-refractivity contribution is 7.92. The lowest BCUT2D eigenvalue weighted by Crippen LogP contribution is -2.42. The SMILES string of the molecule is Cc1ccc(S(=O)(=O)OC[C@H]2C[C@H](S(=O)(=O)c3ccc(C)cc3)CN2C(=O)OC(C)(C)C)cc1. The van der Waals surface area contributed by atoms with Crippen molar-refractivity contribution in [1.29, 1.82) is 0 Å². The lowest BCUT2D eigenvalue weighted by molar-refractivity contribution is 0.0189. The van der Waals surface area contributed by atoms with Crippen molar-refractivity contribution in [2.75, 3.05) is 13.2 Å². The molecule has 8 nitrogen and oxygen atoms in total. The van der Waals surface area contributed by atoms with Crippen molar-refractivity contribution < 1.29 is 30.6 Å². The van der Waals surface area contributed by atoms with Gasteiger partial charge in [0.05, 0.1) is 27.7 Å². The van der Waals surface area contributed by atoms with Crippen LogP contribution >= 0.6 is 0 Å². The molecular weight excluding hydrogens is 478 g/mol. The van der Waals surface area contributed by atoms with Crippen molar-refractivity contribution in [2.24, 2.45) is 0 Å². The number of hydrogen-bond donors (Lipinski definition) is 0. The van der Waals surface area contributed by atoms with Crippen LogP contribution in [0, 0.1) is 13.8 Å². The molecule has 0 radical (unpaired) electrons. The van der Waals surface area contributed by atoms with Crippen molar-refractivity contribution in [3.63, 3.8) is 0 Å². The van der Waals surface area contributed by atoms with Gasteiger partial charge in [-0.2, -0.15) is 8.42 Å². The average molecular weight is 510 g/mol. The quantitative estimate of drug-likeness (QED) is 0.544. The van der Waals surface area contributed by atoms with Gasteiger partial charge in [-0.15, -0.1) is 0 Å². The van der Waals surface area contributed by atoms with E-state index in [1.807, 2.05) is 13.8 Å². The van der Waals surface area contributed by atoms with Gasteiger partial charge in [0.25, 0.3) is 10.1 Å². The Kier molecular flexibility index (Phi) is 7.45. The number of nitrogens with zero attached hydrogens (tertiary/aromatic N) is 1. The third-order valence-electron chi connectivity index (χ3n) is 5.52. The lowest BCUT2D eigenvalue weighted by Gasteiger charge is -2.28. The van der Waals surface area contributed by atoms with Gasteiger partial charge in [0.2, 0.25) is 0 Å². The molecule has 2 atom stereocenters. The molecule has 1 fully saturated rings. The topological polar surface area (TPSA) is 107 Å². The van der Waals surface area contributed by atoms with Gasteiger partial charge in [0.1, 0.15) is 5.60 Å². The minimum Gasteiger partial charge on any atom is -0.444 e. The van der Waals surface area contributed by atoms with Gasteiger partial charge in [-0.25, -0.2) is 13.2 Å². The molecule has 0 saturated carbocycles. The van der Waals surface area contributed by atoms with E-state index in [0.29, 0.717) is 0 Å². The highest BCUT2D eigenvalue weighted by Gasteiger charge is 2.44. The summed E-state index contributed by atoms with van der Waals surface area (Å²) in [6.07, 6.45) is -0.686. The Bertz CT molecular complexity index is 1230. The number of hydrogen-bond acceptors (Lipinski definition) is 7. The molecule has 1 saturated heterocycles. The van der Waals surface area contributed by atoms with E-state index in [1.54, 1.807) is 45.0 Å². The van der Waals surface area contributed by atoms with Crippen molar-refractivity contribution >= 4 is 26.0 Å². The summed E-state index contributed by atoms with van der Waals surface area (Å²) >= 11 is 0. The van der Waals surface area contributed by atoms with E-state index >= 15 is 0 Å². The standard InChI is InChI=1S/C24H31NO7S2/c1-17-6-10-20(11-7-17)33(27,28)22-14-19(25(15-22)23(26)32-24(3,4)5)16-31-34(29,30)21-12-8-18(2)9-13-21/h6-13,19,22H,14-16H2,1-5H3/t19-,22+/m1/s1. The Balaban J connectivity index is 1.84. The normalized spacial score (nSPS) is 19.3. The fourth-order valence-electron chi connectivity index (χ4n) is 3.66. The monoisotopic (exact) mass is 509 g/mol. The molecule has 2 aromatic carbocycles. The summed E-state index contributed by atoms with van der Waals surface area (Å²) < 4.78 is 62.6. The van der Waals surface area contributed by atoms with Crippen LogP contribution in [0.5, 0.6) is 0 Å². The number of amides is 1. The summed E-state index contributed by atoms with van der Waals surface area (Å²) in [5, 5.41) is -0.918. The molecule has 0 aromatic heterocycles. The number of likely N-dealkylation sites (tertiary alicyclic amines) is 1. The third-order valence-corrected chi connectivity index (χ3v) is 8.96. The summed E-state index contributed by atoms with van der Waals surface area (Å²) in [7, 11) is -7.85. The molecule has 1 heterocycles. The van der Waals surface area contributed by atoms with Crippen LogP contribution in [0.25, 0.3) is 0 Å². The number of benzene rings is 2. The van der Waals surface area contributed by atoms with Gasteiger partial charge in [0.15, 0.2) is 9.84 Å². The molecule has 0 unspecified atom stereocenters. The van der Waals surface area contributed by atoms with Crippen molar-refractivity contribution in [2.45, 2.75) is 67.7 Å².